The number of benzene rings is 1. The van der Waals surface area contributed by atoms with E-state index >= 15 is 0 Å². The predicted octanol–water partition coefficient (Wildman–Crippen LogP) is 2.57. The van der Waals surface area contributed by atoms with Crippen molar-refractivity contribution in [2.75, 3.05) is 57.4 Å². The highest BCUT2D eigenvalue weighted by Crippen LogP contribution is 2.18. The number of carbonyl (C=O) groups is 2. The fourth-order valence-corrected chi connectivity index (χ4v) is 3.83. The normalized spacial score (nSPS) is 18.7. The molecule has 2 aliphatic rings. The van der Waals surface area contributed by atoms with E-state index in [2.05, 4.69) is 10.2 Å². The van der Waals surface area contributed by atoms with E-state index in [1.807, 2.05) is 40.3 Å². The summed E-state index contributed by atoms with van der Waals surface area (Å²) in [5.41, 5.74) is 0.815. The number of rotatable bonds is 4. The van der Waals surface area contributed by atoms with Crippen LogP contribution in [0.15, 0.2) is 29.2 Å². The smallest absolute Gasteiger partial charge is 0.321 e. The SMILES string of the molecule is CSc1ccc(NC(=O)N2CCN(CC(=O)N3CCCCC3)CC2)cc1. The van der Waals surface area contributed by atoms with Gasteiger partial charge in [0.15, 0.2) is 0 Å². The first-order valence-corrected chi connectivity index (χ1v) is 10.6. The van der Waals surface area contributed by atoms with Crippen molar-refractivity contribution in [3.05, 3.63) is 24.3 Å². The van der Waals surface area contributed by atoms with Crippen LogP contribution in [-0.4, -0.2) is 78.7 Å². The molecule has 0 radical (unpaired) electrons. The summed E-state index contributed by atoms with van der Waals surface area (Å²) < 4.78 is 0. The second-order valence-corrected chi connectivity index (χ2v) is 7.74. The molecule has 0 atom stereocenters. The number of urea groups is 1. The molecule has 3 rings (SSSR count). The monoisotopic (exact) mass is 376 g/mol. The molecule has 2 heterocycles. The van der Waals surface area contributed by atoms with Crippen LogP contribution in [0.25, 0.3) is 0 Å². The lowest BCUT2D eigenvalue weighted by atomic mass is 10.1. The maximum absolute atomic E-state index is 12.4. The standard InChI is InChI=1S/C19H28N4O2S/c1-26-17-7-5-16(6-8-17)20-19(25)23-13-11-21(12-14-23)15-18(24)22-9-3-2-4-10-22/h5-8H,2-4,9-15H2,1H3,(H,20,25). The van der Waals surface area contributed by atoms with Crippen LogP contribution < -0.4 is 5.32 Å². The van der Waals surface area contributed by atoms with Crippen molar-refractivity contribution in [2.24, 2.45) is 0 Å². The van der Waals surface area contributed by atoms with Gasteiger partial charge in [0.25, 0.3) is 0 Å². The Morgan fingerprint density at radius 2 is 1.58 bits per heavy atom. The largest absolute Gasteiger partial charge is 0.342 e. The van der Waals surface area contributed by atoms with Crippen LogP contribution in [0.2, 0.25) is 0 Å². The van der Waals surface area contributed by atoms with E-state index in [9.17, 15) is 9.59 Å². The van der Waals surface area contributed by atoms with Crippen molar-refractivity contribution in [2.45, 2.75) is 24.2 Å². The summed E-state index contributed by atoms with van der Waals surface area (Å²) in [4.78, 5) is 31.9. The Balaban J connectivity index is 1.42. The van der Waals surface area contributed by atoms with Crippen molar-refractivity contribution in [1.29, 1.82) is 0 Å². The van der Waals surface area contributed by atoms with Crippen LogP contribution in [-0.2, 0) is 4.79 Å². The number of thioether (sulfide) groups is 1. The predicted molar refractivity (Wildman–Crippen MR) is 106 cm³/mol. The van der Waals surface area contributed by atoms with Gasteiger partial charge in [-0.05, 0) is 49.8 Å². The Labute approximate surface area is 159 Å². The van der Waals surface area contributed by atoms with Gasteiger partial charge in [0.1, 0.15) is 0 Å². The van der Waals surface area contributed by atoms with Gasteiger partial charge in [-0.25, -0.2) is 4.79 Å². The third-order valence-electron chi connectivity index (χ3n) is 5.07. The summed E-state index contributed by atoms with van der Waals surface area (Å²) in [6.07, 6.45) is 5.51. The van der Waals surface area contributed by atoms with Crippen LogP contribution in [0.5, 0.6) is 0 Å². The molecule has 0 saturated carbocycles. The van der Waals surface area contributed by atoms with Crippen molar-refractivity contribution < 1.29 is 9.59 Å². The van der Waals surface area contributed by atoms with Crippen LogP contribution in [0, 0.1) is 0 Å². The van der Waals surface area contributed by atoms with Gasteiger partial charge in [0, 0.05) is 49.9 Å². The lowest BCUT2D eigenvalue weighted by molar-refractivity contribution is -0.133. The first-order chi connectivity index (χ1) is 12.7. The molecule has 0 aliphatic carbocycles. The number of nitrogens with one attached hydrogen (secondary N) is 1. The van der Waals surface area contributed by atoms with Crippen LogP contribution in [0.1, 0.15) is 19.3 Å². The topological polar surface area (TPSA) is 55.9 Å². The number of carbonyl (C=O) groups excluding carboxylic acids is 2. The van der Waals surface area contributed by atoms with Gasteiger partial charge in [-0.2, -0.15) is 0 Å². The van der Waals surface area contributed by atoms with Crippen LogP contribution in [0.3, 0.4) is 0 Å². The Hall–Kier alpha value is -1.73. The zero-order valence-electron chi connectivity index (χ0n) is 15.4. The van der Waals surface area contributed by atoms with E-state index in [1.54, 1.807) is 11.8 Å². The molecule has 1 aromatic rings. The molecule has 2 fully saturated rings. The van der Waals surface area contributed by atoms with Crippen LogP contribution >= 0.6 is 11.8 Å². The van der Waals surface area contributed by atoms with Crippen molar-refractivity contribution in [3.8, 4) is 0 Å². The highest BCUT2D eigenvalue weighted by Gasteiger charge is 2.24. The molecule has 26 heavy (non-hydrogen) atoms. The molecule has 2 saturated heterocycles. The number of likely N-dealkylation sites (tertiary alicyclic amines) is 1. The quantitative estimate of drug-likeness (QED) is 0.821. The molecular weight excluding hydrogens is 348 g/mol. The highest BCUT2D eigenvalue weighted by molar-refractivity contribution is 7.98. The molecule has 0 bridgehead atoms. The lowest BCUT2D eigenvalue weighted by Gasteiger charge is -2.36. The Morgan fingerprint density at radius 3 is 2.19 bits per heavy atom. The average Bonchev–Trinajstić information content (AvgIpc) is 2.69. The van der Waals surface area contributed by atoms with Gasteiger partial charge in [-0.3, -0.25) is 9.69 Å². The van der Waals surface area contributed by atoms with Crippen molar-refractivity contribution >= 4 is 29.4 Å². The summed E-state index contributed by atoms with van der Waals surface area (Å²) in [7, 11) is 0. The Morgan fingerprint density at radius 1 is 0.923 bits per heavy atom. The summed E-state index contributed by atoms with van der Waals surface area (Å²) >= 11 is 1.68. The summed E-state index contributed by atoms with van der Waals surface area (Å²) in [5, 5.41) is 2.95. The molecule has 3 amide bonds. The zero-order chi connectivity index (χ0) is 18.4. The first-order valence-electron chi connectivity index (χ1n) is 9.36. The van der Waals surface area contributed by atoms with Gasteiger partial charge in [-0.1, -0.05) is 0 Å². The van der Waals surface area contributed by atoms with Gasteiger partial charge >= 0.3 is 6.03 Å². The molecule has 0 aromatic heterocycles. The lowest BCUT2D eigenvalue weighted by Crippen LogP contribution is -2.52. The number of piperazine rings is 1. The van der Waals surface area contributed by atoms with E-state index in [1.165, 1.54) is 11.3 Å². The molecule has 6 nitrogen and oxygen atoms in total. The minimum Gasteiger partial charge on any atom is -0.342 e. The van der Waals surface area contributed by atoms with E-state index in [-0.39, 0.29) is 11.9 Å². The summed E-state index contributed by atoms with van der Waals surface area (Å²) in [5.74, 6) is 0.233. The van der Waals surface area contributed by atoms with E-state index in [0.29, 0.717) is 19.6 Å². The molecular formula is C19H28N4O2S. The molecule has 7 heteroatoms. The minimum atomic E-state index is -0.0658. The number of anilines is 1. The third-order valence-corrected chi connectivity index (χ3v) is 5.81. The maximum Gasteiger partial charge on any atom is 0.321 e. The van der Waals surface area contributed by atoms with E-state index in [0.717, 1.165) is 44.7 Å². The molecule has 142 valence electrons. The van der Waals surface area contributed by atoms with E-state index in [4.69, 9.17) is 0 Å². The van der Waals surface area contributed by atoms with Gasteiger partial charge in [-0.15, -0.1) is 11.8 Å². The summed E-state index contributed by atoms with van der Waals surface area (Å²) in [6.45, 7) is 5.08. The minimum absolute atomic E-state index is 0.0658. The third kappa shape index (κ3) is 5.14. The van der Waals surface area contributed by atoms with E-state index < -0.39 is 0 Å². The second kappa shape index (κ2) is 9.28. The van der Waals surface area contributed by atoms with Crippen molar-refractivity contribution in [1.82, 2.24) is 14.7 Å². The molecule has 0 unspecified atom stereocenters. The van der Waals surface area contributed by atoms with Gasteiger partial charge in [0.05, 0.1) is 6.54 Å². The Bertz CT molecular complexity index is 608. The first kappa shape index (κ1) is 19.0. The number of amides is 3. The summed E-state index contributed by atoms with van der Waals surface area (Å²) in [6, 6.07) is 7.80. The molecule has 1 aromatic carbocycles. The molecule has 0 spiro atoms. The average molecular weight is 377 g/mol. The second-order valence-electron chi connectivity index (χ2n) is 6.86. The number of piperidine rings is 1. The van der Waals surface area contributed by atoms with Crippen molar-refractivity contribution in [3.63, 3.8) is 0 Å². The van der Waals surface area contributed by atoms with Gasteiger partial charge in [0.2, 0.25) is 5.91 Å². The molecule has 2 aliphatic heterocycles. The zero-order valence-corrected chi connectivity index (χ0v) is 16.3. The van der Waals surface area contributed by atoms with Gasteiger partial charge < -0.3 is 15.1 Å². The highest BCUT2D eigenvalue weighted by atomic mass is 32.2. The molecule has 1 N–H and O–H groups in total. The number of hydrogen-bond donors (Lipinski definition) is 1. The number of nitrogens with zero attached hydrogens (tertiary/aromatic N) is 3. The van der Waals surface area contributed by atoms with Crippen LogP contribution in [0.4, 0.5) is 10.5 Å². The Kier molecular flexibility index (Phi) is 6.80. The fourth-order valence-electron chi connectivity index (χ4n) is 3.42. The fraction of sp³-hybridized carbons (Fsp3) is 0.579. The number of hydrogen-bond acceptors (Lipinski definition) is 4. The maximum atomic E-state index is 12.4.